The van der Waals surface area contributed by atoms with Gasteiger partial charge in [-0.25, -0.2) is 9.37 Å². The van der Waals surface area contributed by atoms with Crippen LogP contribution in [0, 0.1) is 5.82 Å². The van der Waals surface area contributed by atoms with Crippen molar-refractivity contribution >= 4 is 5.82 Å². The maximum Gasteiger partial charge on any atom is 0.213 e. The van der Waals surface area contributed by atoms with E-state index in [0.717, 1.165) is 12.8 Å². The lowest BCUT2D eigenvalue weighted by Crippen LogP contribution is -2.58. The number of hydrogen-bond donors (Lipinski definition) is 2. The van der Waals surface area contributed by atoms with Crippen LogP contribution in [-0.4, -0.2) is 51.4 Å². The summed E-state index contributed by atoms with van der Waals surface area (Å²) < 4.78 is 66.5. The van der Waals surface area contributed by atoms with Crippen LogP contribution in [-0.2, 0) is 0 Å². The molecule has 4 heterocycles. The van der Waals surface area contributed by atoms with Crippen LogP contribution in [0.15, 0.2) is 42.6 Å². The summed E-state index contributed by atoms with van der Waals surface area (Å²) >= 11 is 0. The van der Waals surface area contributed by atoms with Crippen LogP contribution in [0.25, 0.3) is 22.4 Å². The first-order valence-electron chi connectivity index (χ1n) is 14.2. The number of anilines is 1. The molecule has 1 aromatic carbocycles. The molecule has 2 fully saturated rings. The molecule has 0 amide bonds. The molecule has 0 radical (unpaired) electrons. The molecule has 2 aromatic heterocycles. The molecule has 2 N–H and O–H groups in total. The van der Waals surface area contributed by atoms with E-state index in [1.807, 2.05) is 0 Å². The van der Waals surface area contributed by atoms with Gasteiger partial charge in [-0.15, -0.1) is 10.2 Å². The molecule has 7 nitrogen and oxygen atoms in total. The third kappa shape index (κ3) is 4.07. The number of piperidine rings is 1. The van der Waals surface area contributed by atoms with Crippen LogP contribution in [0.5, 0.6) is 11.6 Å². The predicted molar refractivity (Wildman–Crippen MR) is 129 cm³/mol. The van der Waals surface area contributed by atoms with E-state index in [2.05, 4.69) is 34.3 Å². The van der Waals surface area contributed by atoms with Crippen molar-refractivity contribution in [1.29, 1.82) is 0 Å². The first-order chi connectivity index (χ1) is 18.5. The molecule has 34 heavy (non-hydrogen) atoms. The first-order valence-corrected chi connectivity index (χ1v) is 11.2. The fourth-order valence-corrected chi connectivity index (χ4v) is 5.44. The molecule has 3 atom stereocenters. The minimum absolute atomic E-state index is 0.0289. The van der Waals surface area contributed by atoms with Crippen molar-refractivity contribution in [2.45, 2.75) is 56.7 Å². The fourth-order valence-electron chi connectivity index (χ4n) is 5.44. The van der Waals surface area contributed by atoms with Crippen molar-refractivity contribution in [3.8, 4) is 34.0 Å². The molecule has 0 saturated carbocycles. The van der Waals surface area contributed by atoms with Gasteiger partial charge in [-0.1, -0.05) is 0 Å². The summed E-state index contributed by atoms with van der Waals surface area (Å²) in [5, 5.41) is 22.6. The van der Waals surface area contributed by atoms with Gasteiger partial charge in [0.25, 0.3) is 0 Å². The second-order valence-corrected chi connectivity index (χ2v) is 9.79. The van der Waals surface area contributed by atoms with Crippen LogP contribution >= 0.6 is 0 Å². The number of aromatic nitrogens is 3. The van der Waals surface area contributed by atoms with E-state index in [0.29, 0.717) is 18.4 Å². The zero-order valence-corrected chi connectivity index (χ0v) is 19.0. The van der Waals surface area contributed by atoms with Gasteiger partial charge < -0.3 is 20.1 Å². The van der Waals surface area contributed by atoms with Crippen LogP contribution in [0.1, 0.15) is 47.8 Å². The zero-order chi connectivity index (χ0) is 29.1. The molecule has 2 bridgehead atoms. The van der Waals surface area contributed by atoms with E-state index in [1.54, 1.807) is 0 Å². The second-order valence-electron chi connectivity index (χ2n) is 9.79. The molecule has 1 unspecified atom stereocenters. The zero-order valence-electron chi connectivity index (χ0n) is 25.0. The van der Waals surface area contributed by atoms with Gasteiger partial charge in [-0.05, 0) is 81.0 Å². The molecule has 2 aliphatic rings. The van der Waals surface area contributed by atoms with Crippen molar-refractivity contribution in [2.75, 3.05) is 18.9 Å². The maximum absolute atomic E-state index is 15.3. The monoisotopic (exact) mass is 469 g/mol. The summed E-state index contributed by atoms with van der Waals surface area (Å²) in [7, 11) is -2.70. The van der Waals surface area contributed by atoms with Crippen LogP contribution in [0.4, 0.5) is 10.2 Å². The van der Waals surface area contributed by atoms with E-state index in [-0.39, 0.29) is 45.6 Å². The quantitative estimate of drug-likeness (QED) is 0.567. The molecular weight excluding hydrogens is 433 g/mol. The predicted octanol–water partition coefficient (Wildman–Crippen LogP) is 4.56. The number of phenols is 1. The Bertz CT molecular complexity index is 1380. The van der Waals surface area contributed by atoms with E-state index < -0.39 is 25.6 Å². The standard InChI is InChI=1S/C26H30FN5O2/c1-25-8-9-26(2,31-25)15-18(14-25)32(3)22-6-5-20(29-30-22)24-19(27)11-17(12-21(24)33)16-7-10-28-23(13-16)34-4/h5-7,10-13,18,31,33H,8-9,14-15H2,1-4H3/t18?,25-,26+/i3D3,4D3. The molecule has 178 valence electrons. The maximum atomic E-state index is 15.3. The smallest absolute Gasteiger partial charge is 0.213 e. The number of ether oxygens (including phenoxy) is 1. The van der Waals surface area contributed by atoms with E-state index in [1.165, 1.54) is 47.5 Å². The average Bonchev–Trinajstić information content (AvgIpc) is 3.04. The number of nitrogens with one attached hydrogen (secondary N) is 1. The lowest BCUT2D eigenvalue weighted by atomic mass is 9.84. The van der Waals surface area contributed by atoms with Gasteiger partial charge in [0.05, 0.1) is 22.4 Å². The summed E-state index contributed by atoms with van der Waals surface area (Å²) in [6.45, 7) is 1.75. The normalized spacial score (nSPS) is 29.2. The summed E-state index contributed by atoms with van der Waals surface area (Å²) in [4.78, 5) is 5.18. The molecular formula is C26H30FN5O2. The average molecular weight is 470 g/mol. The van der Waals surface area contributed by atoms with Gasteiger partial charge in [0.1, 0.15) is 11.6 Å². The van der Waals surface area contributed by atoms with E-state index >= 15 is 4.39 Å². The number of hydrogen-bond acceptors (Lipinski definition) is 7. The Hall–Kier alpha value is -3.26. The van der Waals surface area contributed by atoms with Gasteiger partial charge in [0, 0.05) is 40.5 Å². The van der Waals surface area contributed by atoms with Crippen molar-refractivity contribution in [3.63, 3.8) is 0 Å². The van der Waals surface area contributed by atoms with Crippen molar-refractivity contribution < 1.29 is 22.5 Å². The first kappa shape index (κ1) is 16.4. The molecule has 2 aliphatic heterocycles. The lowest BCUT2D eigenvalue weighted by molar-refractivity contribution is 0.207. The Morgan fingerprint density at radius 3 is 2.56 bits per heavy atom. The van der Waals surface area contributed by atoms with Gasteiger partial charge >= 0.3 is 0 Å². The largest absolute Gasteiger partial charge is 0.507 e. The van der Waals surface area contributed by atoms with Crippen LogP contribution in [0.2, 0.25) is 0 Å². The summed E-state index contributed by atoms with van der Waals surface area (Å²) in [5.74, 6) is -1.24. The SMILES string of the molecule is [2H]C([2H])([2H])Oc1cc(-c2cc(O)c(-c3ccc(N(C4C[C@]5(C)CC[C@](C)(C4)N5)C([2H])([2H])[2H])nn3)c(F)c2)ccn1. The van der Waals surface area contributed by atoms with Crippen molar-refractivity contribution in [1.82, 2.24) is 20.5 Å². The number of phenolic OH excluding ortho intramolecular Hbond substituents is 1. The van der Waals surface area contributed by atoms with Crippen LogP contribution in [0.3, 0.4) is 0 Å². The number of methoxy groups -OCH3 is 1. The fraction of sp³-hybridized carbons (Fsp3) is 0.423. The number of halogens is 1. The minimum Gasteiger partial charge on any atom is -0.507 e. The van der Waals surface area contributed by atoms with Gasteiger partial charge in [-0.2, -0.15) is 0 Å². The number of rotatable bonds is 5. The third-order valence-corrected chi connectivity index (χ3v) is 6.97. The third-order valence-electron chi connectivity index (χ3n) is 6.97. The van der Waals surface area contributed by atoms with Gasteiger partial charge in [0.2, 0.25) is 5.88 Å². The van der Waals surface area contributed by atoms with E-state index in [4.69, 9.17) is 13.0 Å². The summed E-state index contributed by atoms with van der Waals surface area (Å²) in [6.07, 6.45) is 4.50. The van der Waals surface area contributed by atoms with Crippen LogP contribution < -0.4 is 15.0 Å². The number of fused-ring (bicyclic) bond motifs is 2. The molecule has 0 aliphatic carbocycles. The topological polar surface area (TPSA) is 83.4 Å². The highest BCUT2D eigenvalue weighted by molar-refractivity contribution is 5.75. The molecule has 8 heteroatoms. The number of aromatic hydroxyl groups is 1. The number of nitrogens with zero attached hydrogens (tertiary/aromatic N) is 4. The lowest BCUT2D eigenvalue weighted by Gasteiger charge is -2.45. The van der Waals surface area contributed by atoms with Gasteiger partial charge in [-0.3, -0.25) is 0 Å². The second kappa shape index (κ2) is 8.20. The Labute approximate surface area is 207 Å². The Balaban J connectivity index is 1.43. The number of pyridine rings is 1. The van der Waals surface area contributed by atoms with Crippen molar-refractivity contribution in [2.24, 2.45) is 0 Å². The Morgan fingerprint density at radius 2 is 1.91 bits per heavy atom. The Morgan fingerprint density at radius 1 is 1.12 bits per heavy atom. The van der Waals surface area contributed by atoms with Gasteiger partial charge in [0.15, 0.2) is 5.82 Å². The molecule has 5 rings (SSSR count). The summed E-state index contributed by atoms with van der Waals surface area (Å²) in [5.41, 5.74) is 0.136. The highest BCUT2D eigenvalue weighted by atomic mass is 19.1. The minimum atomic E-state index is -2.70. The number of benzene rings is 1. The highest BCUT2D eigenvalue weighted by Gasteiger charge is 2.49. The molecule has 3 aromatic rings. The van der Waals surface area contributed by atoms with E-state index in [9.17, 15) is 5.11 Å². The Kier molecular flexibility index (Phi) is 3.95. The highest BCUT2D eigenvalue weighted by Crippen LogP contribution is 2.44. The molecule has 0 spiro atoms. The molecule has 2 saturated heterocycles. The summed E-state index contributed by atoms with van der Waals surface area (Å²) in [6, 6.07) is 7.95. The van der Waals surface area contributed by atoms with Crippen molar-refractivity contribution in [3.05, 3.63) is 48.4 Å².